The zero-order valence-corrected chi connectivity index (χ0v) is 16.7. The molecule has 2 saturated carbocycles. The van der Waals surface area contributed by atoms with Gasteiger partial charge in [-0.15, -0.1) is 0 Å². The molecular formula is C19H23F4NO4S. The third-order valence-electron chi connectivity index (χ3n) is 5.42. The number of sulfonamides is 1. The van der Waals surface area contributed by atoms with Gasteiger partial charge in [-0.2, -0.15) is 13.2 Å². The number of alkyl halides is 3. The number of hydrogen-bond donors (Lipinski definition) is 1. The minimum absolute atomic E-state index is 0.0445. The highest BCUT2D eigenvalue weighted by Gasteiger charge is 2.41. The second kappa shape index (κ2) is 8.12. The summed E-state index contributed by atoms with van der Waals surface area (Å²) in [5, 5.41) is 0. The van der Waals surface area contributed by atoms with Crippen LogP contribution in [0.2, 0.25) is 0 Å². The Bertz CT molecular complexity index is 873. The molecule has 0 bridgehead atoms. The summed E-state index contributed by atoms with van der Waals surface area (Å²) >= 11 is 0. The SMILES string of the molecule is CS(=O)(=O)NC(=O)c1cc(C2CC2)c(OC[C@H]2CC[C@H](C(F)(F)F)CC2)cc1F. The minimum atomic E-state index is -4.17. The van der Waals surface area contributed by atoms with Crippen molar-refractivity contribution in [1.29, 1.82) is 0 Å². The predicted octanol–water partition coefficient (Wildman–Crippen LogP) is 4.14. The Morgan fingerprint density at radius 3 is 2.28 bits per heavy atom. The van der Waals surface area contributed by atoms with Gasteiger partial charge in [0.05, 0.1) is 24.3 Å². The van der Waals surface area contributed by atoms with Crippen LogP contribution in [0.4, 0.5) is 17.6 Å². The van der Waals surface area contributed by atoms with Crippen LogP contribution in [0.3, 0.4) is 0 Å². The van der Waals surface area contributed by atoms with E-state index in [1.54, 1.807) is 4.72 Å². The molecule has 0 aliphatic heterocycles. The van der Waals surface area contributed by atoms with Gasteiger partial charge in [-0.25, -0.2) is 17.5 Å². The number of hydrogen-bond acceptors (Lipinski definition) is 4. The van der Waals surface area contributed by atoms with Gasteiger partial charge in [0, 0.05) is 6.07 Å². The average molecular weight is 437 g/mol. The minimum Gasteiger partial charge on any atom is -0.493 e. The molecule has 0 saturated heterocycles. The quantitative estimate of drug-likeness (QED) is 0.679. The Morgan fingerprint density at radius 1 is 1.14 bits per heavy atom. The maximum absolute atomic E-state index is 14.4. The summed E-state index contributed by atoms with van der Waals surface area (Å²) in [5.74, 6) is -2.92. The first-order valence-corrected chi connectivity index (χ1v) is 11.4. The summed E-state index contributed by atoms with van der Waals surface area (Å²) in [6.07, 6.45) is -0.789. The molecule has 1 aromatic rings. The lowest BCUT2D eigenvalue weighted by Gasteiger charge is -2.30. The van der Waals surface area contributed by atoms with Gasteiger partial charge in [-0.05, 0) is 62.0 Å². The normalized spacial score (nSPS) is 22.9. The first-order valence-electron chi connectivity index (χ1n) is 9.49. The number of benzene rings is 1. The van der Waals surface area contributed by atoms with E-state index in [4.69, 9.17) is 4.74 Å². The van der Waals surface area contributed by atoms with Gasteiger partial charge in [0.25, 0.3) is 5.91 Å². The molecule has 0 aromatic heterocycles. The third kappa shape index (κ3) is 5.83. The van der Waals surface area contributed by atoms with Crippen molar-refractivity contribution < 1.29 is 35.5 Å². The molecule has 0 atom stereocenters. The van der Waals surface area contributed by atoms with Crippen molar-refractivity contribution in [1.82, 2.24) is 4.72 Å². The molecule has 3 rings (SSSR count). The van der Waals surface area contributed by atoms with Crippen LogP contribution in [0.1, 0.15) is 60.4 Å². The average Bonchev–Trinajstić information content (AvgIpc) is 3.43. The van der Waals surface area contributed by atoms with Gasteiger partial charge < -0.3 is 4.74 Å². The van der Waals surface area contributed by atoms with Crippen LogP contribution in [0.15, 0.2) is 12.1 Å². The molecule has 0 spiro atoms. The van der Waals surface area contributed by atoms with E-state index >= 15 is 0 Å². The van der Waals surface area contributed by atoms with Crippen LogP contribution in [0.5, 0.6) is 5.75 Å². The number of carbonyl (C=O) groups is 1. The third-order valence-corrected chi connectivity index (χ3v) is 5.98. The number of amides is 1. The molecule has 0 unspecified atom stereocenters. The topological polar surface area (TPSA) is 72.5 Å². The molecule has 5 nitrogen and oxygen atoms in total. The smallest absolute Gasteiger partial charge is 0.391 e. The summed E-state index contributed by atoms with van der Waals surface area (Å²) in [5.41, 5.74) is 0.240. The summed E-state index contributed by atoms with van der Waals surface area (Å²) < 4.78 is 82.7. The first kappa shape index (κ1) is 21.9. The van der Waals surface area contributed by atoms with Crippen LogP contribution in [-0.2, 0) is 10.0 Å². The molecule has 162 valence electrons. The molecule has 0 radical (unpaired) electrons. The Hall–Kier alpha value is -1.84. The number of ether oxygens (including phenoxy) is 1. The molecule has 2 aliphatic carbocycles. The summed E-state index contributed by atoms with van der Waals surface area (Å²) in [6.45, 7) is 0.179. The van der Waals surface area contributed by atoms with Gasteiger partial charge >= 0.3 is 6.18 Å². The fraction of sp³-hybridized carbons (Fsp3) is 0.632. The lowest BCUT2D eigenvalue weighted by Crippen LogP contribution is -2.30. The predicted molar refractivity (Wildman–Crippen MR) is 97.7 cm³/mol. The highest BCUT2D eigenvalue weighted by Crippen LogP contribution is 2.45. The van der Waals surface area contributed by atoms with Crippen LogP contribution < -0.4 is 9.46 Å². The Balaban J connectivity index is 1.68. The van der Waals surface area contributed by atoms with Gasteiger partial charge in [0.15, 0.2) is 0 Å². The summed E-state index contributed by atoms with van der Waals surface area (Å²) in [4.78, 5) is 12.0. The first-order chi connectivity index (χ1) is 13.4. The van der Waals surface area contributed by atoms with Crippen molar-refractivity contribution in [3.05, 3.63) is 29.1 Å². The highest BCUT2D eigenvalue weighted by molar-refractivity contribution is 7.89. The fourth-order valence-electron chi connectivity index (χ4n) is 3.67. The molecule has 10 heteroatoms. The second-order valence-electron chi connectivity index (χ2n) is 7.92. The molecular weight excluding hydrogens is 414 g/mol. The molecule has 2 aliphatic rings. The van der Waals surface area contributed by atoms with E-state index in [0.717, 1.165) is 25.2 Å². The molecule has 1 N–H and O–H groups in total. The zero-order valence-electron chi connectivity index (χ0n) is 15.9. The highest BCUT2D eigenvalue weighted by atomic mass is 32.2. The fourth-order valence-corrected chi connectivity index (χ4v) is 4.12. The number of rotatable bonds is 6. The lowest BCUT2D eigenvalue weighted by atomic mass is 9.82. The summed E-state index contributed by atoms with van der Waals surface area (Å²) in [7, 11) is -3.83. The van der Waals surface area contributed by atoms with Crippen LogP contribution in [0, 0.1) is 17.7 Å². The molecule has 1 aromatic carbocycles. The van der Waals surface area contributed by atoms with Crippen LogP contribution >= 0.6 is 0 Å². The van der Waals surface area contributed by atoms with Crippen molar-refractivity contribution in [3.63, 3.8) is 0 Å². The van der Waals surface area contributed by atoms with E-state index in [0.29, 0.717) is 18.4 Å². The Labute approximate surface area is 166 Å². The van der Waals surface area contributed by atoms with E-state index in [1.165, 1.54) is 6.07 Å². The maximum Gasteiger partial charge on any atom is 0.391 e. The maximum atomic E-state index is 14.4. The van der Waals surface area contributed by atoms with Gasteiger partial charge in [0.1, 0.15) is 11.6 Å². The van der Waals surface area contributed by atoms with E-state index in [9.17, 15) is 30.8 Å². The van der Waals surface area contributed by atoms with Crippen LogP contribution in [-0.4, -0.2) is 33.4 Å². The van der Waals surface area contributed by atoms with Gasteiger partial charge in [-0.3, -0.25) is 4.79 Å². The van der Waals surface area contributed by atoms with E-state index < -0.39 is 33.8 Å². The van der Waals surface area contributed by atoms with Crippen molar-refractivity contribution in [2.24, 2.45) is 11.8 Å². The van der Waals surface area contributed by atoms with Crippen molar-refractivity contribution in [2.75, 3.05) is 12.9 Å². The number of nitrogens with one attached hydrogen (secondary N) is 1. The van der Waals surface area contributed by atoms with E-state index in [-0.39, 0.29) is 42.6 Å². The Morgan fingerprint density at radius 2 is 1.76 bits per heavy atom. The number of halogens is 4. The second-order valence-corrected chi connectivity index (χ2v) is 9.67. The molecule has 0 heterocycles. The van der Waals surface area contributed by atoms with Crippen molar-refractivity contribution in [3.8, 4) is 5.75 Å². The number of carbonyl (C=O) groups excluding carboxylic acids is 1. The van der Waals surface area contributed by atoms with Crippen molar-refractivity contribution >= 4 is 15.9 Å². The molecule has 1 amide bonds. The molecule has 2 fully saturated rings. The largest absolute Gasteiger partial charge is 0.493 e. The van der Waals surface area contributed by atoms with E-state index in [2.05, 4.69) is 0 Å². The summed E-state index contributed by atoms with van der Waals surface area (Å²) in [6, 6.07) is 2.37. The van der Waals surface area contributed by atoms with Gasteiger partial charge in [-0.1, -0.05) is 0 Å². The lowest BCUT2D eigenvalue weighted by molar-refractivity contribution is -0.184. The Kier molecular flexibility index (Phi) is 6.12. The van der Waals surface area contributed by atoms with Gasteiger partial charge in [0.2, 0.25) is 10.0 Å². The monoisotopic (exact) mass is 437 g/mol. The van der Waals surface area contributed by atoms with Crippen molar-refractivity contribution in [2.45, 2.75) is 50.6 Å². The van der Waals surface area contributed by atoms with Crippen LogP contribution in [0.25, 0.3) is 0 Å². The standard InChI is InChI=1S/C19H23F4NO4S/c1-29(26,27)24-18(25)15-8-14(12-4-5-12)17(9-16(15)20)28-10-11-2-6-13(7-3-11)19(21,22)23/h8-9,11-13H,2-7,10H2,1H3,(H,24,25)/t11-,13-. The molecule has 29 heavy (non-hydrogen) atoms. The zero-order chi connectivity index (χ0) is 21.4. The van der Waals surface area contributed by atoms with E-state index in [1.807, 2.05) is 0 Å².